The lowest BCUT2D eigenvalue weighted by molar-refractivity contribution is -0.222. The SMILES string of the molecule is C=C(C)[C@@H]1CC[C@@]2(/C=N/O)CC[C@]3(C)[C@H](CC[C@H]4[C@@]5(C)CC/C(=N\O)C(C)(C)[C@@H]5CC[C@]43C)[C@@H]12. The Morgan fingerprint density at radius 2 is 1.62 bits per heavy atom. The fourth-order valence-corrected chi connectivity index (χ4v) is 11.5. The van der Waals surface area contributed by atoms with Gasteiger partial charge >= 0.3 is 0 Å². The van der Waals surface area contributed by atoms with Crippen LogP contribution < -0.4 is 0 Å². The summed E-state index contributed by atoms with van der Waals surface area (Å²) in [7, 11) is 0. The summed E-state index contributed by atoms with van der Waals surface area (Å²) in [4.78, 5) is 0. The molecule has 0 aromatic carbocycles. The van der Waals surface area contributed by atoms with Crippen molar-refractivity contribution in [2.75, 3.05) is 0 Å². The van der Waals surface area contributed by atoms with Gasteiger partial charge in [0, 0.05) is 10.8 Å². The Morgan fingerprint density at radius 3 is 2.26 bits per heavy atom. The summed E-state index contributed by atoms with van der Waals surface area (Å²) in [6.07, 6.45) is 13.8. The Kier molecular flexibility index (Phi) is 5.44. The summed E-state index contributed by atoms with van der Waals surface area (Å²) in [5.41, 5.74) is 3.27. The maximum Gasteiger partial charge on any atom is 0.0630 e. The van der Waals surface area contributed by atoms with E-state index in [1.165, 1.54) is 44.1 Å². The Bertz CT molecular complexity index is 923. The molecule has 0 aliphatic heterocycles. The molecule has 5 fully saturated rings. The van der Waals surface area contributed by atoms with Crippen molar-refractivity contribution >= 4 is 11.9 Å². The highest BCUT2D eigenvalue weighted by molar-refractivity contribution is 5.90. The highest BCUT2D eigenvalue weighted by Crippen LogP contribution is 2.77. The van der Waals surface area contributed by atoms with E-state index in [0.717, 1.165) is 31.4 Å². The largest absolute Gasteiger partial charge is 0.411 e. The van der Waals surface area contributed by atoms with Crippen LogP contribution in [0.15, 0.2) is 22.5 Å². The van der Waals surface area contributed by atoms with E-state index in [9.17, 15) is 10.4 Å². The summed E-state index contributed by atoms with van der Waals surface area (Å²) < 4.78 is 0. The average molecular weight is 469 g/mol. The molecule has 0 bridgehead atoms. The number of rotatable bonds is 2. The molecule has 0 unspecified atom stereocenters. The first-order valence-corrected chi connectivity index (χ1v) is 14.0. The number of nitrogens with zero attached hydrogens (tertiary/aromatic N) is 2. The molecule has 4 nitrogen and oxygen atoms in total. The van der Waals surface area contributed by atoms with E-state index < -0.39 is 0 Å². The topological polar surface area (TPSA) is 65.2 Å². The quantitative estimate of drug-likeness (QED) is 0.187. The Morgan fingerprint density at radius 1 is 0.882 bits per heavy atom. The van der Waals surface area contributed by atoms with Crippen LogP contribution in [0.1, 0.15) is 106 Å². The summed E-state index contributed by atoms with van der Waals surface area (Å²) >= 11 is 0. The third-order valence-electron chi connectivity index (χ3n) is 13.3. The van der Waals surface area contributed by atoms with Gasteiger partial charge in [-0.05, 0) is 117 Å². The van der Waals surface area contributed by atoms with Gasteiger partial charge in [0.2, 0.25) is 0 Å². The van der Waals surface area contributed by atoms with Gasteiger partial charge in [0.1, 0.15) is 0 Å². The second-order valence-corrected chi connectivity index (χ2v) is 14.4. The maximum absolute atomic E-state index is 9.76. The lowest BCUT2D eigenvalue weighted by Gasteiger charge is -2.72. The molecule has 34 heavy (non-hydrogen) atoms. The van der Waals surface area contributed by atoms with Gasteiger partial charge in [-0.25, -0.2) is 0 Å². The summed E-state index contributed by atoms with van der Waals surface area (Å²) in [6, 6.07) is 0. The van der Waals surface area contributed by atoms with Crippen LogP contribution in [-0.4, -0.2) is 22.3 Å². The third-order valence-corrected chi connectivity index (χ3v) is 13.3. The van der Waals surface area contributed by atoms with Gasteiger partial charge in [-0.15, -0.1) is 5.16 Å². The average Bonchev–Trinajstić information content (AvgIpc) is 3.14. The van der Waals surface area contributed by atoms with Gasteiger partial charge in [-0.1, -0.05) is 51.9 Å². The second-order valence-electron chi connectivity index (χ2n) is 14.4. The monoisotopic (exact) mass is 468 g/mol. The molecule has 5 aliphatic rings. The molecule has 0 heterocycles. The first kappa shape index (κ1) is 24.4. The zero-order valence-corrected chi connectivity index (χ0v) is 22.5. The number of allylic oxidation sites excluding steroid dienone is 1. The lowest BCUT2D eigenvalue weighted by atomic mass is 9.32. The van der Waals surface area contributed by atoms with Crippen molar-refractivity contribution in [3.05, 3.63) is 12.2 Å². The van der Waals surface area contributed by atoms with Crippen molar-refractivity contribution in [3.8, 4) is 0 Å². The molecule has 0 spiro atoms. The molecule has 5 rings (SSSR count). The van der Waals surface area contributed by atoms with Crippen molar-refractivity contribution < 1.29 is 10.4 Å². The predicted molar refractivity (Wildman–Crippen MR) is 138 cm³/mol. The first-order valence-electron chi connectivity index (χ1n) is 14.0. The molecule has 0 aromatic heterocycles. The first-order chi connectivity index (χ1) is 15.9. The molecular weight excluding hydrogens is 420 g/mol. The van der Waals surface area contributed by atoms with Gasteiger partial charge in [0.25, 0.3) is 0 Å². The van der Waals surface area contributed by atoms with Crippen LogP contribution in [0.4, 0.5) is 0 Å². The van der Waals surface area contributed by atoms with E-state index in [0.29, 0.717) is 45.8 Å². The summed E-state index contributed by atoms with van der Waals surface area (Å²) in [6.45, 7) is 19.2. The van der Waals surface area contributed by atoms with Gasteiger partial charge in [-0.2, -0.15) is 0 Å². The molecule has 190 valence electrons. The molecule has 4 heteroatoms. The molecule has 0 radical (unpaired) electrons. The van der Waals surface area contributed by atoms with E-state index in [2.05, 4.69) is 58.4 Å². The van der Waals surface area contributed by atoms with Crippen LogP contribution in [0.3, 0.4) is 0 Å². The van der Waals surface area contributed by atoms with Crippen LogP contribution in [0.25, 0.3) is 0 Å². The van der Waals surface area contributed by atoms with Crippen molar-refractivity contribution in [3.63, 3.8) is 0 Å². The minimum absolute atomic E-state index is 0.0311. The Labute approximate surface area is 207 Å². The van der Waals surface area contributed by atoms with E-state index in [1.807, 2.05) is 6.21 Å². The number of hydrogen-bond acceptors (Lipinski definition) is 4. The normalized spacial score (nSPS) is 53.1. The fourth-order valence-electron chi connectivity index (χ4n) is 11.5. The maximum atomic E-state index is 9.76. The lowest BCUT2D eigenvalue weighted by Crippen LogP contribution is -2.66. The smallest absolute Gasteiger partial charge is 0.0630 e. The zero-order valence-electron chi connectivity index (χ0n) is 22.5. The Hall–Kier alpha value is -1.32. The van der Waals surface area contributed by atoms with E-state index in [4.69, 9.17) is 0 Å². The molecule has 0 saturated heterocycles. The minimum atomic E-state index is -0.0311. The molecule has 5 saturated carbocycles. The molecule has 0 amide bonds. The predicted octanol–water partition coefficient (Wildman–Crippen LogP) is 7.93. The fraction of sp³-hybridized carbons (Fsp3) is 0.867. The third kappa shape index (κ3) is 2.83. The Balaban J connectivity index is 1.56. The van der Waals surface area contributed by atoms with Gasteiger partial charge < -0.3 is 10.4 Å². The summed E-state index contributed by atoms with van der Waals surface area (Å²) in [5, 5.41) is 26.9. The zero-order chi connectivity index (χ0) is 24.7. The van der Waals surface area contributed by atoms with Crippen LogP contribution in [0.2, 0.25) is 0 Å². The molecule has 9 atom stereocenters. The van der Waals surface area contributed by atoms with Crippen molar-refractivity contribution in [1.82, 2.24) is 0 Å². The molecule has 0 aromatic rings. The molecule has 2 N–H and O–H groups in total. The summed E-state index contributed by atoms with van der Waals surface area (Å²) in [5.74, 6) is 3.06. The van der Waals surface area contributed by atoms with Crippen LogP contribution in [0.5, 0.6) is 0 Å². The van der Waals surface area contributed by atoms with Gasteiger partial charge in [0.05, 0.1) is 11.9 Å². The van der Waals surface area contributed by atoms with E-state index in [1.54, 1.807) is 0 Å². The van der Waals surface area contributed by atoms with E-state index >= 15 is 0 Å². The van der Waals surface area contributed by atoms with Crippen LogP contribution >= 0.6 is 0 Å². The number of oxime groups is 2. The number of fused-ring (bicyclic) bond motifs is 7. The highest BCUT2D eigenvalue weighted by atomic mass is 16.4. The van der Waals surface area contributed by atoms with Crippen LogP contribution in [-0.2, 0) is 0 Å². The molecule has 5 aliphatic carbocycles. The van der Waals surface area contributed by atoms with Gasteiger partial charge in [0.15, 0.2) is 0 Å². The molecular formula is C30H48N2O2. The second kappa shape index (κ2) is 7.59. The van der Waals surface area contributed by atoms with Gasteiger partial charge in [-0.3, -0.25) is 0 Å². The minimum Gasteiger partial charge on any atom is -0.411 e. The van der Waals surface area contributed by atoms with E-state index in [-0.39, 0.29) is 10.8 Å². The van der Waals surface area contributed by atoms with Crippen LogP contribution in [0, 0.1) is 56.7 Å². The number of hydrogen-bond donors (Lipinski definition) is 2. The van der Waals surface area contributed by atoms with Crippen molar-refractivity contribution in [2.24, 2.45) is 67.0 Å². The standard InChI is InChI=1S/C30H48N2O2/c1-19(2)20-10-15-30(18-31-33)17-16-28(6)21(25(20)30)8-9-23-27(5)13-12-24(32-34)26(3,4)22(27)11-14-29(23,28)7/h18,20-23,25,33-34H,1,8-17H2,2-7H3/b31-18+,32-24+/t20-,21+,22-,23-,25+,27-,28+,29+,30-/m0/s1. The van der Waals surface area contributed by atoms with Crippen molar-refractivity contribution in [1.29, 1.82) is 0 Å². The van der Waals surface area contributed by atoms with Crippen molar-refractivity contribution in [2.45, 2.75) is 106 Å². The highest BCUT2D eigenvalue weighted by Gasteiger charge is 2.70.